The molecule has 4 N–H and O–H groups in total. The van der Waals surface area contributed by atoms with Crippen LogP contribution < -0.4 is 6.15 Å². The van der Waals surface area contributed by atoms with E-state index in [0.29, 0.717) is 12.3 Å². The molecule has 1 rings (SSSR count). The molecule has 1 saturated carbocycles. The second-order valence-corrected chi connectivity index (χ2v) is 5.50. The lowest BCUT2D eigenvalue weighted by atomic mass is 9.86. The first-order valence-electron chi connectivity index (χ1n) is 5.03. The average molecular weight is 223 g/mol. The van der Waals surface area contributed by atoms with E-state index < -0.39 is 10.1 Å². The Morgan fingerprint density at radius 2 is 1.71 bits per heavy atom. The molecule has 0 spiro atoms. The molecular weight excluding hydrogens is 202 g/mol. The van der Waals surface area contributed by atoms with E-state index in [1.807, 2.05) is 0 Å². The Labute approximate surface area is 86.4 Å². The molecule has 14 heavy (non-hydrogen) atoms. The van der Waals surface area contributed by atoms with Crippen LogP contribution in [0.5, 0.6) is 0 Å². The lowest BCUT2D eigenvalue weighted by Crippen LogP contribution is -2.09. The van der Waals surface area contributed by atoms with Gasteiger partial charge in [-0.05, 0) is 18.8 Å². The van der Waals surface area contributed by atoms with Crippen molar-refractivity contribution < 1.29 is 13.0 Å². The minimum absolute atomic E-state index is 0. The van der Waals surface area contributed by atoms with Gasteiger partial charge in [0, 0.05) is 0 Å². The van der Waals surface area contributed by atoms with Crippen molar-refractivity contribution in [3.8, 4) is 0 Å². The van der Waals surface area contributed by atoms with E-state index in [1.165, 1.54) is 32.1 Å². The maximum Gasteiger partial charge on any atom is 0.264 e. The van der Waals surface area contributed by atoms with Gasteiger partial charge in [0.05, 0.1) is 5.75 Å². The van der Waals surface area contributed by atoms with E-state index in [1.54, 1.807) is 0 Å². The molecule has 0 saturated heterocycles. The Balaban J connectivity index is 0.00000169. The van der Waals surface area contributed by atoms with Crippen molar-refractivity contribution >= 4 is 10.1 Å². The highest BCUT2D eigenvalue weighted by atomic mass is 32.2. The summed E-state index contributed by atoms with van der Waals surface area (Å²) in [7, 11) is -3.72. The highest BCUT2D eigenvalue weighted by Gasteiger charge is 2.14. The van der Waals surface area contributed by atoms with Crippen LogP contribution in [0.4, 0.5) is 0 Å². The van der Waals surface area contributed by atoms with E-state index in [0.717, 1.165) is 6.42 Å². The van der Waals surface area contributed by atoms with Crippen molar-refractivity contribution in [2.45, 2.75) is 44.9 Å². The van der Waals surface area contributed by atoms with Crippen LogP contribution in [0.25, 0.3) is 0 Å². The molecule has 0 aromatic carbocycles. The van der Waals surface area contributed by atoms with E-state index in [9.17, 15) is 8.42 Å². The number of rotatable bonds is 4. The van der Waals surface area contributed by atoms with Gasteiger partial charge in [0.1, 0.15) is 0 Å². The van der Waals surface area contributed by atoms with Gasteiger partial charge in [-0.2, -0.15) is 8.42 Å². The first-order chi connectivity index (χ1) is 6.08. The molecule has 4 nitrogen and oxygen atoms in total. The predicted octanol–water partition coefficient (Wildman–Crippen LogP) is 2.40. The molecule has 0 aliphatic heterocycles. The zero-order chi connectivity index (χ0) is 9.73. The summed E-state index contributed by atoms with van der Waals surface area (Å²) >= 11 is 0. The zero-order valence-electron chi connectivity index (χ0n) is 8.61. The summed E-state index contributed by atoms with van der Waals surface area (Å²) < 4.78 is 29.4. The van der Waals surface area contributed by atoms with Crippen LogP contribution in [-0.4, -0.2) is 18.7 Å². The van der Waals surface area contributed by atoms with Gasteiger partial charge >= 0.3 is 0 Å². The summed E-state index contributed by atoms with van der Waals surface area (Å²) in [5.41, 5.74) is 0. The number of hydrogen-bond donors (Lipinski definition) is 2. The monoisotopic (exact) mass is 223 g/mol. The molecule has 1 aliphatic rings. The van der Waals surface area contributed by atoms with Crippen molar-refractivity contribution in [2.75, 3.05) is 5.75 Å². The van der Waals surface area contributed by atoms with E-state index >= 15 is 0 Å². The third-order valence-corrected chi connectivity index (χ3v) is 3.54. The fraction of sp³-hybridized carbons (Fsp3) is 1.00. The molecule has 0 amide bonds. The van der Waals surface area contributed by atoms with E-state index in [-0.39, 0.29) is 11.9 Å². The first kappa shape index (κ1) is 13.9. The van der Waals surface area contributed by atoms with Gasteiger partial charge in [0.25, 0.3) is 10.1 Å². The summed E-state index contributed by atoms with van der Waals surface area (Å²) in [6.07, 6.45) is 7.96. The Kier molecular flexibility index (Phi) is 6.31. The maximum absolute atomic E-state index is 10.4. The van der Waals surface area contributed by atoms with Crippen molar-refractivity contribution in [3.05, 3.63) is 0 Å². The molecule has 0 aromatic rings. The summed E-state index contributed by atoms with van der Waals surface area (Å²) in [4.78, 5) is 0. The maximum atomic E-state index is 10.4. The molecule has 86 valence electrons. The van der Waals surface area contributed by atoms with Crippen LogP contribution in [0.2, 0.25) is 0 Å². The topological polar surface area (TPSA) is 89.4 Å². The third-order valence-electron chi connectivity index (χ3n) is 2.74. The van der Waals surface area contributed by atoms with Crippen molar-refractivity contribution in [3.63, 3.8) is 0 Å². The van der Waals surface area contributed by atoms with Gasteiger partial charge in [0.2, 0.25) is 0 Å². The Hall–Kier alpha value is -0.130. The van der Waals surface area contributed by atoms with Gasteiger partial charge in [-0.25, -0.2) is 0 Å². The fourth-order valence-corrected chi connectivity index (χ4v) is 2.56. The Morgan fingerprint density at radius 1 is 1.14 bits per heavy atom. The molecule has 5 heteroatoms. The molecular formula is C9H21NO3S. The van der Waals surface area contributed by atoms with Crippen LogP contribution >= 0.6 is 0 Å². The molecule has 0 bridgehead atoms. The van der Waals surface area contributed by atoms with Crippen molar-refractivity contribution in [1.29, 1.82) is 0 Å². The SMILES string of the molecule is N.O=S(=O)(O)CCCC1CCCCC1. The van der Waals surface area contributed by atoms with Crippen LogP contribution in [-0.2, 0) is 10.1 Å². The fourth-order valence-electron chi connectivity index (χ4n) is 2.03. The van der Waals surface area contributed by atoms with Crippen LogP contribution in [0.3, 0.4) is 0 Å². The minimum atomic E-state index is -3.72. The van der Waals surface area contributed by atoms with Crippen LogP contribution in [0.1, 0.15) is 44.9 Å². The Bertz CT molecular complexity index is 232. The van der Waals surface area contributed by atoms with Gasteiger partial charge in [0.15, 0.2) is 0 Å². The lowest BCUT2D eigenvalue weighted by Gasteiger charge is -2.20. The molecule has 0 heterocycles. The van der Waals surface area contributed by atoms with Gasteiger partial charge in [-0.3, -0.25) is 4.55 Å². The zero-order valence-corrected chi connectivity index (χ0v) is 9.43. The molecule has 0 atom stereocenters. The van der Waals surface area contributed by atoms with Crippen LogP contribution in [0, 0.1) is 5.92 Å². The Morgan fingerprint density at radius 3 is 2.21 bits per heavy atom. The summed E-state index contributed by atoms with van der Waals surface area (Å²) in [5, 5.41) is 0. The largest absolute Gasteiger partial charge is 0.344 e. The molecule has 0 radical (unpaired) electrons. The summed E-state index contributed by atoms with van der Waals surface area (Å²) in [6, 6.07) is 0. The first-order valence-corrected chi connectivity index (χ1v) is 6.64. The number of hydrogen-bond acceptors (Lipinski definition) is 3. The summed E-state index contributed by atoms with van der Waals surface area (Å²) in [6.45, 7) is 0. The molecule has 1 fully saturated rings. The van der Waals surface area contributed by atoms with Gasteiger partial charge in [-0.1, -0.05) is 32.1 Å². The quantitative estimate of drug-likeness (QED) is 0.716. The smallest absolute Gasteiger partial charge is 0.264 e. The van der Waals surface area contributed by atoms with E-state index in [4.69, 9.17) is 4.55 Å². The second-order valence-electron chi connectivity index (χ2n) is 3.93. The molecule has 0 aromatic heterocycles. The van der Waals surface area contributed by atoms with Crippen LogP contribution in [0.15, 0.2) is 0 Å². The van der Waals surface area contributed by atoms with Gasteiger partial charge in [-0.15, -0.1) is 0 Å². The third kappa shape index (κ3) is 6.34. The second kappa shape index (κ2) is 6.37. The minimum Gasteiger partial charge on any atom is -0.344 e. The highest BCUT2D eigenvalue weighted by Crippen LogP contribution is 2.27. The van der Waals surface area contributed by atoms with E-state index in [2.05, 4.69) is 0 Å². The van der Waals surface area contributed by atoms with Gasteiger partial charge < -0.3 is 6.15 Å². The molecule has 1 aliphatic carbocycles. The standard InChI is InChI=1S/C9H18O3S.H3N/c10-13(11,12)8-4-7-9-5-2-1-3-6-9;/h9H,1-8H2,(H,10,11,12);1H3. The van der Waals surface area contributed by atoms with Crippen molar-refractivity contribution in [2.24, 2.45) is 5.92 Å². The normalized spacial score (nSPS) is 18.9. The summed E-state index contributed by atoms with van der Waals surface area (Å²) in [5.74, 6) is 0.638. The molecule has 0 unspecified atom stereocenters. The predicted molar refractivity (Wildman–Crippen MR) is 57.2 cm³/mol. The van der Waals surface area contributed by atoms with Crippen molar-refractivity contribution in [1.82, 2.24) is 6.15 Å². The average Bonchev–Trinajstić information content (AvgIpc) is 2.04. The highest BCUT2D eigenvalue weighted by molar-refractivity contribution is 7.85. The lowest BCUT2D eigenvalue weighted by molar-refractivity contribution is 0.335.